The number of cyclic esters (lactones) is 1. The Morgan fingerprint density at radius 1 is 1.09 bits per heavy atom. The summed E-state index contributed by atoms with van der Waals surface area (Å²) in [5, 5.41) is 0.371. The fourth-order valence-corrected chi connectivity index (χ4v) is 3.72. The molecular weight excluding hydrogens is 541 g/mol. The van der Waals surface area contributed by atoms with E-state index in [-0.39, 0.29) is 11.6 Å². The maximum atomic E-state index is 12.3. The first-order chi connectivity index (χ1) is 15.4. The number of benzene rings is 3. The van der Waals surface area contributed by atoms with Gasteiger partial charge in [0.15, 0.2) is 17.2 Å². The quantitative estimate of drug-likeness (QED) is 0.205. The van der Waals surface area contributed by atoms with Crippen LogP contribution in [0.15, 0.2) is 71.4 Å². The second-order valence-corrected chi connectivity index (χ2v) is 8.80. The number of aryl methyl sites for hydroxylation is 1. The SMILES string of the molecule is COc1cc(/C=C2\N=C(c3ccc(C)cc3)OC2=O)cc(Cl)c1OCc1ccc(I)cc1. The summed E-state index contributed by atoms with van der Waals surface area (Å²) in [6.45, 7) is 2.34. The van der Waals surface area contributed by atoms with E-state index in [2.05, 4.69) is 27.6 Å². The normalized spacial score (nSPS) is 14.3. The first-order valence-corrected chi connectivity index (χ1v) is 11.2. The first-order valence-electron chi connectivity index (χ1n) is 9.77. The number of rotatable bonds is 6. The van der Waals surface area contributed by atoms with E-state index in [1.54, 1.807) is 18.2 Å². The number of carbonyl (C=O) groups excluding carboxylic acids is 1. The molecule has 0 saturated heterocycles. The first kappa shape index (κ1) is 22.4. The maximum absolute atomic E-state index is 12.3. The van der Waals surface area contributed by atoms with Gasteiger partial charge in [0, 0.05) is 9.13 Å². The number of esters is 1. The van der Waals surface area contributed by atoms with E-state index < -0.39 is 5.97 Å². The molecule has 5 nitrogen and oxygen atoms in total. The van der Waals surface area contributed by atoms with Gasteiger partial charge in [0.05, 0.1) is 12.1 Å². The molecule has 32 heavy (non-hydrogen) atoms. The molecule has 0 aromatic heterocycles. The van der Waals surface area contributed by atoms with Crippen molar-refractivity contribution in [3.63, 3.8) is 0 Å². The van der Waals surface area contributed by atoms with Crippen LogP contribution in [0.2, 0.25) is 5.02 Å². The van der Waals surface area contributed by atoms with Crippen LogP contribution in [-0.4, -0.2) is 19.0 Å². The predicted molar refractivity (Wildman–Crippen MR) is 133 cm³/mol. The van der Waals surface area contributed by atoms with Crippen molar-refractivity contribution in [2.75, 3.05) is 7.11 Å². The predicted octanol–water partition coefficient (Wildman–Crippen LogP) is 6.19. The molecule has 0 radical (unpaired) electrons. The summed E-state index contributed by atoms with van der Waals surface area (Å²) in [4.78, 5) is 16.7. The molecule has 0 saturated carbocycles. The molecule has 4 rings (SSSR count). The smallest absolute Gasteiger partial charge is 0.363 e. The molecule has 162 valence electrons. The van der Waals surface area contributed by atoms with E-state index in [1.807, 2.05) is 55.5 Å². The van der Waals surface area contributed by atoms with Gasteiger partial charge in [0.2, 0.25) is 5.90 Å². The van der Waals surface area contributed by atoms with E-state index in [4.69, 9.17) is 25.8 Å². The van der Waals surface area contributed by atoms with Crippen molar-refractivity contribution in [3.8, 4) is 11.5 Å². The molecule has 0 spiro atoms. The highest BCUT2D eigenvalue weighted by atomic mass is 127. The average molecular weight is 560 g/mol. The summed E-state index contributed by atoms with van der Waals surface area (Å²) < 4.78 is 17.9. The van der Waals surface area contributed by atoms with E-state index in [9.17, 15) is 4.79 Å². The summed E-state index contributed by atoms with van der Waals surface area (Å²) in [7, 11) is 1.54. The zero-order valence-electron chi connectivity index (χ0n) is 17.4. The van der Waals surface area contributed by atoms with Crippen molar-refractivity contribution >= 4 is 52.1 Å². The third-order valence-electron chi connectivity index (χ3n) is 4.77. The van der Waals surface area contributed by atoms with E-state index >= 15 is 0 Å². The Labute approximate surface area is 204 Å². The molecule has 0 bridgehead atoms. The van der Waals surface area contributed by atoms with Gasteiger partial charge in [-0.15, -0.1) is 0 Å². The summed E-state index contributed by atoms with van der Waals surface area (Å²) in [6, 6.07) is 19.1. The number of hydrogen-bond acceptors (Lipinski definition) is 5. The Hall–Kier alpha value is -2.84. The number of methoxy groups -OCH3 is 1. The largest absolute Gasteiger partial charge is 0.493 e. The Kier molecular flexibility index (Phi) is 6.81. The van der Waals surface area contributed by atoms with Crippen LogP contribution in [-0.2, 0) is 16.1 Å². The topological polar surface area (TPSA) is 57.1 Å². The Morgan fingerprint density at radius 3 is 2.50 bits per heavy atom. The molecule has 1 heterocycles. The lowest BCUT2D eigenvalue weighted by Crippen LogP contribution is -2.05. The minimum absolute atomic E-state index is 0.186. The number of aliphatic imine (C=N–C) groups is 1. The van der Waals surface area contributed by atoms with E-state index in [0.717, 1.165) is 20.3 Å². The van der Waals surface area contributed by atoms with Gasteiger partial charge in [0.25, 0.3) is 0 Å². The molecule has 1 aliphatic rings. The van der Waals surface area contributed by atoms with Gasteiger partial charge in [-0.05, 0) is 83.1 Å². The van der Waals surface area contributed by atoms with E-state index in [1.165, 1.54) is 7.11 Å². The third kappa shape index (κ3) is 5.14. The highest BCUT2D eigenvalue weighted by molar-refractivity contribution is 14.1. The lowest BCUT2D eigenvalue weighted by molar-refractivity contribution is -0.129. The van der Waals surface area contributed by atoms with Crippen LogP contribution in [0.3, 0.4) is 0 Å². The monoisotopic (exact) mass is 559 g/mol. The Balaban J connectivity index is 1.58. The zero-order chi connectivity index (χ0) is 22.7. The summed E-state index contributed by atoms with van der Waals surface area (Å²) in [6.07, 6.45) is 1.61. The summed E-state index contributed by atoms with van der Waals surface area (Å²) in [5.74, 6) is 0.656. The van der Waals surface area contributed by atoms with Crippen LogP contribution in [0, 0.1) is 10.5 Å². The number of halogens is 2. The van der Waals surface area contributed by atoms with Crippen LogP contribution in [0.4, 0.5) is 0 Å². The standard InChI is InChI=1S/C25H19ClINO4/c1-15-3-7-18(8-4-15)24-28-21(25(29)32-24)12-17-11-20(26)23(22(13-17)30-2)31-14-16-5-9-19(27)10-6-16/h3-13H,14H2,1-2H3/b21-12-. The van der Waals surface area contributed by atoms with Gasteiger partial charge in [-0.2, -0.15) is 0 Å². The molecule has 0 atom stereocenters. The fourth-order valence-electron chi connectivity index (χ4n) is 3.09. The molecule has 3 aromatic rings. The lowest BCUT2D eigenvalue weighted by atomic mass is 10.1. The average Bonchev–Trinajstić information content (AvgIpc) is 3.14. The highest BCUT2D eigenvalue weighted by Crippen LogP contribution is 2.38. The van der Waals surface area contributed by atoms with Crippen molar-refractivity contribution in [1.82, 2.24) is 0 Å². The zero-order valence-corrected chi connectivity index (χ0v) is 20.3. The summed E-state index contributed by atoms with van der Waals surface area (Å²) in [5.41, 5.74) is 3.70. The van der Waals surface area contributed by atoms with Crippen molar-refractivity contribution in [2.45, 2.75) is 13.5 Å². The molecule has 0 aliphatic carbocycles. The molecule has 3 aromatic carbocycles. The minimum Gasteiger partial charge on any atom is -0.493 e. The highest BCUT2D eigenvalue weighted by Gasteiger charge is 2.24. The van der Waals surface area contributed by atoms with Crippen molar-refractivity contribution in [1.29, 1.82) is 0 Å². The van der Waals surface area contributed by atoms with Crippen LogP contribution >= 0.6 is 34.2 Å². The van der Waals surface area contributed by atoms with Gasteiger partial charge in [-0.25, -0.2) is 9.79 Å². The van der Waals surface area contributed by atoms with Crippen LogP contribution in [0.5, 0.6) is 11.5 Å². The molecule has 0 fully saturated rings. The molecule has 1 aliphatic heterocycles. The summed E-state index contributed by atoms with van der Waals surface area (Å²) >= 11 is 8.73. The molecular formula is C25H19ClINO4. The second-order valence-electron chi connectivity index (χ2n) is 7.15. The number of carbonyl (C=O) groups is 1. The van der Waals surface area contributed by atoms with Crippen LogP contribution < -0.4 is 9.47 Å². The van der Waals surface area contributed by atoms with E-state index in [0.29, 0.717) is 28.7 Å². The molecule has 0 amide bonds. The van der Waals surface area contributed by atoms with Gasteiger partial charge in [-0.3, -0.25) is 0 Å². The Morgan fingerprint density at radius 2 is 1.81 bits per heavy atom. The van der Waals surface area contributed by atoms with Crippen molar-refractivity contribution < 1.29 is 19.0 Å². The second kappa shape index (κ2) is 9.75. The lowest BCUT2D eigenvalue weighted by Gasteiger charge is -2.13. The maximum Gasteiger partial charge on any atom is 0.363 e. The number of hydrogen-bond donors (Lipinski definition) is 0. The molecule has 7 heteroatoms. The van der Waals surface area contributed by atoms with Gasteiger partial charge >= 0.3 is 5.97 Å². The fraction of sp³-hybridized carbons (Fsp3) is 0.120. The van der Waals surface area contributed by atoms with Gasteiger partial charge in [-0.1, -0.05) is 41.4 Å². The minimum atomic E-state index is -0.519. The Bertz CT molecular complexity index is 1220. The molecule has 0 unspecified atom stereocenters. The van der Waals surface area contributed by atoms with Gasteiger partial charge < -0.3 is 14.2 Å². The van der Waals surface area contributed by atoms with Crippen molar-refractivity contribution in [2.24, 2.45) is 4.99 Å². The van der Waals surface area contributed by atoms with Gasteiger partial charge in [0.1, 0.15) is 6.61 Å². The van der Waals surface area contributed by atoms with Crippen LogP contribution in [0.1, 0.15) is 22.3 Å². The van der Waals surface area contributed by atoms with Crippen molar-refractivity contribution in [3.05, 3.63) is 97.2 Å². The number of ether oxygens (including phenoxy) is 3. The third-order valence-corrected chi connectivity index (χ3v) is 5.77. The van der Waals surface area contributed by atoms with Crippen LogP contribution in [0.25, 0.3) is 6.08 Å². The molecule has 0 N–H and O–H groups in total. The number of nitrogens with zero attached hydrogens (tertiary/aromatic N) is 1.